The van der Waals surface area contributed by atoms with E-state index in [1.54, 1.807) is 36.2 Å². The fraction of sp³-hybridized carbons (Fsp3) is 0.171. The number of carbonyl (C=O) groups excluding carboxylic acids is 1. The summed E-state index contributed by atoms with van der Waals surface area (Å²) in [7, 11) is 1.75. The minimum Gasteiger partial charge on any atom is -0.488 e. The Morgan fingerprint density at radius 1 is 0.708 bits per heavy atom. The van der Waals surface area contributed by atoms with Crippen LogP contribution in [-0.4, -0.2) is 28.9 Å². The highest BCUT2D eigenvalue weighted by atomic mass is 16.5. The van der Waals surface area contributed by atoms with E-state index in [0.717, 1.165) is 33.4 Å². The summed E-state index contributed by atoms with van der Waals surface area (Å²) in [6.45, 7) is 7.37. The second-order valence-corrected chi connectivity index (χ2v) is 11.7. The smallest absolute Gasteiger partial charge is 0.325 e. The summed E-state index contributed by atoms with van der Waals surface area (Å²) < 4.78 is 12.5. The third kappa shape index (κ3) is 8.99. The molecule has 5 aromatic carbocycles. The predicted octanol–water partition coefficient (Wildman–Crippen LogP) is 8.07. The number of benzene rings is 5. The van der Waals surface area contributed by atoms with Gasteiger partial charge in [-0.05, 0) is 46.4 Å². The fourth-order valence-electron chi connectivity index (χ4n) is 5.37. The van der Waals surface area contributed by atoms with Gasteiger partial charge in [0.1, 0.15) is 30.8 Å². The third-order valence-corrected chi connectivity index (χ3v) is 7.89. The van der Waals surface area contributed by atoms with Crippen molar-refractivity contribution in [2.24, 2.45) is 0 Å². The number of amides is 1. The second-order valence-electron chi connectivity index (χ2n) is 11.7. The number of carbonyl (C=O) groups is 2. The average molecular weight is 641 g/mol. The van der Waals surface area contributed by atoms with Crippen molar-refractivity contribution in [2.75, 3.05) is 7.05 Å². The second kappa shape index (κ2) is 16.3. The molecule has 7 heteroatoms. The van der Waals surface area contributed by atoms with E-state index in [1.807, 2.05) is 110 Å². The van der Waals surface area contributed by atoms with Crippen LogP contribution in [0.5, 0.6) is 11.5 Å². The minimum atomic E-state index is -0.946. The summed E-state index contributed by atoms with van der Waals surface area (Å²) in [6.07, 6.45) is 0. The number of aliphatic carboxylic acids is 1. The van der Waals surface area contributed by atoms with Crippen molar-refractivity contribution in [3.05, 3.63) is 173 Å². The van der Waals surface area contributed by atoms with E-state index >= 15 is 0 Å². The van der Waals surface area contributed by atoms with Crippen LogP contribution in [0, 0.1) is 0 Å². The highest BCUT2D eigenvalue weighted by Gasteiger charge is 2.22. The van der Waals surface area contributed by atoms with Gasteiger partial charge in [-0.3, -0.25) is 14.9 Å². The van der Waals surface area contributed by atoms with Gasteiger partial charge in [0.2, 0.25) is 0 Å². The van der Waals surface area contributed by atoms with Crippen molar-refractivity contribution < 1.29 is 24.2 Å². The van der Waals surface area contributed by atoms with Gasteiger partial charge in [0.05, 0.1) is 5.56 Å². The summed E-state index contributed by atoms with van der Waals surface area (Å²) in [5, 5.41) is 12.9. The van der Waals surface area contributed by atoms with Crippen LogP contribution in [0.4, 0.5) is 0 Å². The largest absolute Gasteiger partial charge is 0.488 e. The molecule has 0 fully saturated rings. The molecule has 1 atom stereocenters. The Kier molecular flexibility index (Phi) is 11.4. The van der Waals surface area contributed by atoms with Gasteiger partial charge in [0, 0.05) is 31.8 Å². The van der Waals surface area contributed by atoms with Gasteiger partial charge >= 0.3 is 5.97 Å². The molecule has 48 heavy (non-hydrogen) atoms. The SMILES string of the molecule is C=C(C)c1cc(C(=O)N(C)Cc2cccc(CN[C@H](C(=O)O)c3ccccc3)c2)c(OCc2ccccc2)cc1OCc1ccccc1. The molecule has 0 radical (unpaired) electrons. The van der Waals surface area contributed by atoms with Gasteiger partial charge < -0.3 is 19.5 Å². The lowest BCUT2D eigenvalue weighted by Crippen LogP contribution is -2.28. The molecule has 0 aromatic heterocycles. The number of ether oxygens (including phenoxy) is 2. The summed E-state index contributed by atoms with van der Waals surface area (Å²) in [6, 6.07) is 39.3. The molecular formula is C41H40N2O5. The fourth-order valence-corrected chi connectivity index (χ4v) is 5.37. The molecule has 0 aliphatic rings. The zero-order valence-electron chi connectivity index (χ0n) is 27.3. The quantitative estimate of drug-likeness (QED) is 0.120. The lowest BCUT2D eigenvalue weighted by atomic mass is 10.0. The number of rotatable bonds is 15. The molecule has 0 heterocycles. The van der Waals surface area contributed by atoms with Crippen LogP contribution in [0.3, 0.4) is 0 Å². The maximum Gasteiger partial charge on any atom is 0.325 e. The topological polar surface area (TPSA) is 88.1 Å². The number of allylic oxidation sites excluding steroid dienone is 1. The molecule has 2 N–H and O–H groups in total. The predicted molar refractivity (Wildman–Crippen MR) is 189 cm³/mol. The van der Waals surface area contributed by atoms with Crippen LogP contribution in [0.15, 0.2) is 134 Å². The van der Waals surface area contributed by atoms with E-state index in [2.05, 4.69) is 11.9 Å². The van der Waals surface area contributed by atoms with Gasteiger partial charge in [-0.2, -0.15) is 0 Å². The third-order valence-electron chi connectivity index (χ3n) is 7.89. The molecule has 0 aliphatic heterocycles. The van der Waals surface area contributed by atoms with Crippen LogP contribution in [0.1, 0.15) is 56.7 Å². The molecule has 5 rings (SSSR count). The van der Waals surface area contributed by atoms with Gasteiger partial charge in [0.15, 0.2) is 0 Å². The Morgan fingerprint density at radius 2 is 1.23 bits per heavy atom. The number of nitrogens with one attached hydrogen (secondary N) is 1. The van der Waals surface area contributed by atoms with Crippen LogP contribution >= 0.6 is 0 Å². The first kappa shape index (κ1) is 33.7. The molecule has 0 saturated carbocycles. The molecule has 0 aliphatic carbocycles. The molecule has 0 spiro atoms. The summed E-state index contributed by atoms with van der Waals surface area (Å²) in [4.78, 5) is 27.7. The van der Waals surface area contributed by atoms with E-state index in [4.69, 9.17) is 9.47 Å². The van der Waals surface area contributed by atoms with E-state index in [0.29, 0.717) is 42.3 Å². The number of carboxylic acids is 1. The molecule has 5 aromatic rings. The van der Waals surface area contributed by atoms with E-state index in [-0.39, 0.29) is 12.5 Å². The highest BCUT2D eigenvalue weighted by Crippen LogP contribution is 2.35. The van der Waals surface area contributed by atoms with Crippen molar-refractivity contribution in [2.45, 2.75) is 39.3 Å². The summed E-state index contributed by atoms with van der Waals surface area (Å²) in [5.74, 6) is -0.154. The first-order valence-electron chi connectivity index (χ1n) is 15.8. The number of carboxylic acid groups (broad SMARTS) is 1. The lowest BCUT2D eigenvalue weighted by Gasteiger charge is -2.22. The standard InChI is InChI=1S/C41H40N2O5/c1-29(2)35-23-36(38(48-28-31-16-9-5-10-17-31)24-37(35)47-27-30-14-7-4-8-15-30)40(44)43(3)26-33-19-13-18-32(22-33)25-42-39(41(45)46)34-20-11-6-12-21-34/h4-24,39,42H,1,25-28H2,2-3H3,(H,45,46)/t39-/m0/s1. The average Bonchev–Trinajstić information content (AvgIpc) is 3.10. The molecular weight excluding hydrogens is 600 g/mol. The minimum absolute atomic E-state index is 0.214. The van der Waals surface area contributed by atoms with Gasteiger partial charge in [-0.25, -0.2) is 0 Å². The maximum absolute atomic E-state index is 14.1. The lowest BCUT2D eigenvalue weighted by molar-refractivity contribution is -0.139. The molecule has 0 bridgehead atoms. The Bertz CT molecular complexity index is 1840. The van der Waals surface area contributed by atoms with Gasteiger partial charge in [-0.1, -0.05) is 122 Å². The van der Waals surface area contributed by atoms with Crippen molar-refractivity contribution in [3.8, 4) is 11.5 Å². The Balaban J connectivity index is 1.36. The number of hydrogen-bond acceptors (Lipinski definition) is 5. The Morgan fingerprint density at radius 3 is 1.79 bits per heavy atom. The summed E-state index contributed by atoms with van der Waals surface area (Å²) >= 11 is 0. The summed E-state index contributed by atoms with van der Waals surface area (Å²) in [5.41, 5.74) is 6.40. The van der Waals surface area contributed by atoms with Gasteiger partial charge in [-0.15, -0.1) is 0 Å². The van der Waals surface area contributed by atoms with E-state index in [9.17, 15) is 14.7 Å². The highest BCUT2D eigenvalue weighted by molar-refractivity contribution is 5.98. The first-order valence-corrected chi connectivity index (χ1v) is 15.8. The number of hydrogen-bond donors (Lipinski definition) is 2. The van der Waals surface area contributed by atoms with Crippen molar-refractivity contribution in [1.29, 1.82) is 0 Å². The zero-order valence-corrected chi connectivity index (χ0v) is 27.3. The molecule has 7 nitrogen and oxygen atoms in total. The van der Waals surface area contributed by atoms with Gasteiger partial charge in [0.25, 0.3) is 5.91 Å². The number of nitrogens with zero attached hydrogens (tertiary/aromatic N) is 1. The Hall–Kier alpha value is -5.66. The molecule has 0 saturated heterocycles. The van der Waals surface area contributed by atoms with Crippen molar-refractivity contribution >= 4 is 17.4 Å². The zero-order chi connectivity index (χ0) is 33.9. The first-order chi connectivity index (χ1) is 23.3. The van der Waals surface area contributed by atoms with Crippen LogP contribution < -0.4 is 14.8 Å². The molecule has 0 unspecified atom stereocenters. The van der Waals surface area contributed by atoms with Crippen LogP contribution in [-0.2, 0) is 31.1 Å². The molecule has 1 amide bonds. The van der Waals surface area contributed by atoms with Crippen LogP contribution in [0.25, 0.3) is 5.57 Å². The van der Waals surface area contributed by atoms with Crippen molar-refractivity contribution in [1.82, 2.24) is 10.2 Å². The van der Waals surface area contributed by atoms with E-state index in [1.165, 1.54) is 0 Å². The maximum atomic E-state index is 14.1. The normalized spacial score (nSPS) is 11.4. The van der Waals surface area contributed by atoms with E-state index < -0.39 is 12.0 Å². The Labute approximate surface area is 282 Å². The van der Waals surface area contributed by atoms with Crippen molar-refractivity contribution in [3.63, 3.8) is 0 Å². The van der Waals surface area contributed by atoms with Crippen LogP contribution in [0.2, 0.25) is 0 Å². The monoisotopic (exact) mass is 640 g/mol. The molecule has 244 valence electrons.